The van der Waals surface area contributed by atoms with E-state index in [1.807, 2.05) is 0 Å². The fourth-order valence-corrected chi connectivity index (χ4v) is 5.11. The van der Waals surface area contributed by atoms with Crippen LogP contribution in [0.3, 0.4) is 0 Å². The Morgan fingerprint density at radius 1 is 0.475 bits per heavy atom. The molecule has 0 saturated heterocycles. The molecule has 0 N–H and O–H groups in total. The van der Waals surface area contributed by atoms with Gasteiger partial charge >= 0.3 is 11.9 Å². The Hall–Kier alpha value is -1.84. The highest BCUT2D eigenvalue weighted by Crippen LogP contribution is 2.16. The number of hydrogen-bond donors (Lipinski definition) is 0. The van der Waals surface area contributed by atoms with Crippen LogP contribution >= 0.6 is 0 Å². The molecule has 0 unspecified atom stereocenters. The smallest absolute Gasteiger partial charge is 0.339 e. The molecule has 0 aromatic heterocycles. The molecule has 230 valence electrons. The molecule has 0 radical (unpaired) electrons. The van der Waals surface area contributed by atoms with Crippen LogP contribution in [0.25, 0.3) is 0 Å². The Bertz CT molecular complexity index is 692. The quantitative estimate of drug-likeness (QED) is 0.0838. The molecule has 0 amide bonds. The Morgan fingerprint density at radius 2 is 0.750 bits per heavy atom. The van der Waals surface area contributed by atoms with Crippen molar-refractivity contribution in [2.45, 2.75) is 156 Å². The van der Waals surface area contributed by atoms with Crippen LogP contribution < -0.4 is 0 Å². The maximum atomic E-state index is 12.6. The molecule has 0 bridgehead atoms. The van der Waals surface area contributed by atoms with E-state index in [0.29, 0.717) is 24.3 Å². The van der Waals surface area contributed by atoms with Gasteiger partial charge in [0.05, 0.1) is 24.3 Å². The van der Waals surface area contributed by atoms with Gasteiger partial charge < -0.3 is 9.47 Å². The van der Waals surface area contributed by atoms with Crippen molar-refractivity contribution in [2.75, 3.05) is 13.2 Å². The Kier molecular flexibility index (Phi) is 22.5. The summed E-state index contributed by atoms with van der Waals surface area (Å²) in [7, 11) is 0. The Balaban J connectivity index is 2.10. The highest BCUT2D eigenvalue weighted by atomic mass is 16.5. The maximum absolute atomic E-state index is 12.6. The SMILES string of the molecule is CC(C)CCCCCCCCCCCOC(=O)c1ccccc1C(=O)OCCCCCCCCCCCC(C)C. The summed E-state index contributed by atoms with van der Waals surface area (Å²) in [6.45, 7) is 9.98. The predicted octanol–water partition coefficient (Wildman–Crippen LogP) is 11.1. The molecule has 1 aromatic rings. The number of unbranched alkanes of at least 4 members (excludes halogenated alkanes) is 16. The predicted molar refractivity (Wildman–Crippen MR) is 169 cm³/mol. The van der Waals surface area contributed by atoms with Crippen LogP contribution in [0.4, 0.5) is 0 Å². The van der Waals surface area contributed by atoms with Crippen LogP contribution in [0, 0.1) is 11.8 Å². The first-order chi connectivity index (χ1) is 19.4. The van der Waals surface area contributed by atoms with E-state index in [1.165, 1.54) is 103 Å². The second-order valence-corrected chi connectivity index (χ2v) is 12.5. The van der Waals surface area contributed by atoms with Gasteiger partial charge in [-0.1, -0.05) is 155 Å². The fraction of sp³-hybridized carbons (Fsp3) is 0.778. The largest absolute Gasteiger partial charge is 0.462 e. The van der Waals surface area contributed by atoms with Gasteiger partial charge in [0.2, 0.25) is 0 Å². The first kappa shape index (κ1) is 36.2. The molecule has 1 rings (SSSR count). The summed E-state index contributed by atoms with van der Waals surface area (Å²) in [5, 5.41) is 0. The molecule has 4 nitrogen and oxygen atoms in total. The third kappa shape index (κ3) is 20.1. The standard InChI is InChI=1S/C36H62O4/c1-31(2)25-19-15-11-7-5-9-13-17-23-29-39-35(37)33-27-21-22-28-34(33)36(38)40-30-24-18-14-10-6-8-12-16-20-26-32(3)4/h21-22,27-28,31-32H,5-20,23-26,29-30H2,1-4H3. The van der Waals surface area contributed by atoms with E-state index in [1.54, 1.807) is 24.3 Å². The molecule has 0 aliphatic rings. The summed E-state index contributed by atoms with van der Waals surface area (Å²) >= 11 is 0. The average Bonchev–Trinajstić information content (AvgIpc) is 2.93. The van der Waals surface area contributed by atoms with Crippen molar-refractivity contribution in [2.24, 2.45) is 11.8 Å². The van der Waals surface area contributed by atoms with Gasteiger partial charge in [0.25, 0.3) is 0 Å². The Labute approximate surface area is 247 Å². The lowest BCUT2D eigenvalue weighted by molar-refractivity contribution is 0.0450. The van der Waals surface area contributed by atoms with Crippen LogP contribution in [0.15, 0.2) is 24.3 Å². The van der Waals surface area contributed by atoms with Crippen molar-refractivity contribution in [1.29, 1.82) is 0 Å². The normalized spacial score (nSPS) is 11.3. The van der Waals surface area contributed by atoms with E-state index in [0.717, 1.165) is 37.5 Å². The molecule has 40 heavy (non-hydrogen) atoms. The molecule has 0 atom stereocenters. The van der Waals surface area contributed by atoms with Crippen LogP contribution in [-0.4, -0.2) is 25.2 Å². The van der Waals surface area contributed by atoms with Crippen molar-refractivity contribution in [1.82, 2.24) is 0 Å². The molecule has 0 aliphatic carbocycles. The third-order valence-corrected chi connectivity index (χ3v) is 7.68. The summed E-state index contributed by atoms with van der Waals surface area (Å²) in [6.07, 6.45) is 24.9. The van der Waals surface area contributed by atoms with Crippen molar-refractivity contribution >= 4 is 11.9 Å². The topological polar surface area (TPSA) is 52.6 Å². The van der Waals surface area contributed by atoms with Crippen LogP contribution in [-0.2, 0) is 9.47 Å². The van der Waals surface area contributed by atoms with E-state index in [-0.39, 0.29) is 0 Å². The summed E-state index contributed by atoms with van der Waals surface area (Å²) in [4.78, 5) is 25.3. The molecule has 4 heteroatoms. The van der Waals surface area contributed by atoms with Gasteiger partial charge in [0.1, 0.15) is 0 Å². The van der Waals surface area contributed by atoms with Gasteiger partial charge in [0.15, 0.2) is 0 Å². The number of ether oxygens (including phenoxy) is 2. The average molecular weight is 559 g/mol. The van der Waals surface area contributed by atoms with Crippen LogP contribution in [0.2, 0.25) is 0 Å². The molecule has 0 aliphatic heterocycles. The lowest BCUT2D eigenvalue weighted by atomic mass is 10.0. The van der Waals surface area contributed by atoms with Crippen molar-refractivity contribution in [3.63, 3.8) is 0 Å². The van der Waals surface area contributed by atoms with Crippen molar-refractivity contribution in [3.05, 3.63) is 35.4 Å². The number of carbonyl (C=O) groups excluding carboxylic acids is 2. The van der Waals surface area contributed by atoms with Crippen molar-refractivity contribution in [3.8, 4) is 0 Å². The highest BCUT2D eigenvalue weighted by Gasteiger charge is 2.18. The third-order valence-electron chi connectivity index (χ3n) is 7.68. The number of benzene rings is 1. The Morgan fingerprint density at radius 3 is 1.05 bits per heavy atom. The maximum Gasteiger partial charge on any atom is 0.339 e. The van der Waals surface area contributed by atoms with E-state index in [4.69, 9.17) is 9.47 Å². The summed E-state index contributed by atoms with van der Waals surface area (Å²) in [5.41, 5.74) is 0.608. The summed E-state index contributed by atoms with van der Waals surface area (Å²) in [6, 6.07) is 6.84. The van der Waals surface area contributed by atoms with Gasteiger partial charge in [-0.25, -0.2) is 9.59 Å². The molecular weight excluding hydrogens is 496 g/mol. The molecule has 1 aromatic carbocycles. The number of carbonyl (C=O) groups is 2. The van der Waals surface area contributed by atoms with Gasteiger partial charge in [0, 0.05) is 0 Å². The number of esters is 2. The monoisotopic (exact) mass is 558 g/mol. The highest BCUT2D eigenvalue weighted by molar-refractivity contribution is 6.03. The molecule has 0 saturated carbocycles. The van der Waals surface area contributed by atoms with E-state index in [2.05, 4.69) is 27.7 Å². The molecular formula is C36H62O4. The number of rotatable bonds is 26. The summed E-state index contributed by atoms with van der Waals surface area (Å²) < 4.78 is 11.0. The van der Waals surface area contributed by atoms with Gasteiger partial charge in [-0.15, -0.1) is 0 Å². The van der Waals surface area contributed by atoms with E-state index in [9.17, 15) is 9.59 Å². The first-order valence-electron chi connectivity index (χ1n) is 16.8. The summed E-state index contributed by atoms with van der Waals surface area (Å²) in [5.74, 6) is 0.783. The van der Waals surface area contributed by atoms with Crippen molar-refractivity contribution < 1.29 is 19.1 Å². The van der Waals surface area contributed by atoms with Crippen LogP contribution in [0.1, 0.15) is 177 Å². The second-order valence-electron chi connectivity index (χ2n) is 12.5. The minimum atomic E-state index is -0.432. The van der Waals surface area contributed by atoms with Gasteiger partial charge in [-0.2, -0.15) is 0 Å². The lowest BCUT2D eigenvalue weighted by Crippen LogP contribution is -2.15. The minimum absolute atomic E-state index is 0.304. The van der Waals surface area contributed by atoms with E-state index >= 15 is 0 Å². The zero-order valence-corrected chi connectivity index (χ0v) is 26.7. The number of hydrogen-bond acceptors (Lipinski definition) is 4. The van der Waals surface area contributed by atoms with Gasteiger partial charge in [-0.05, 0) is 36.8 Å². The van der Waals surface area contributed by atoms with E-state index < -0.39 is 11.9 Å². The lowest BCUT2D eigenvalue weighted by Gasteiger charge is -2.10. The zero-order valence-electron chi connectivity index (χ0n) is 26.7. The minimum Gasteiger partial charge on any atom is -0.462 e. The molecule has 0 fully saturated rings. The van der Waals surface area contributed by atoms with Gasteiger partial charge in [-0.3, -0.25) is 0 Å². The molecule has 0 spiro atoms. The fourth-order valence-electron chi connectivity index (χ4n) is 5.11. The zero-order chi connectivity index (χ0) is 29.3. The van der Waals surface area contributed by atoms with Crippen LogP contribution in [0.5, 0.6) is 0 Å². The molecule has 0 heterocycles. The first-order valence-corrected chi connectivity index (χ1v) is 16.8. The second kappa shape index (κ2) is 24.9.